The van der Waals surface area contributed by atoms with Crippen molar-refractivity contribution in [3.63, 3.8) is 0 Å². The van der Waals surface area contributed by atoms with Crippen LogP contribution in [0.5, 0.6) is 0 Å². The molecule has 24 heavy (non-hydrogen) atoms. The van der Waals surface area contributed by atoms with Crippen LogP contribution >= 0.6 is 0 Å². The van der Waals surface area contributed by atoms with Crippen LogP contribution in [0.3, 0.4) is 0 Å². The molecule has 3 aromatic heterocycles. The molecule has 0 bridgehead atoms. The molecular weight excluding hydrogens is 304 g/mol. The Kier molecular flexibility index (Phi) is 5.03. The zero-order chi connectivity index (χ0) is 16.6. The van der Waals surface area contributed by atoms with Gasteiger partial charge in [-0.3, -0.25) is 14.8 Å². The molecule has 0 fully saturated rings. The zero-order valence-electron chi connectivity index (χ0n) is 12.9. The molecule has 0 aromatic carbocycles. The normalized spacial score (nSPS) is 10.2. The van der Waals surface area contributed by atoms with Gasteiger partial charge in [-0.1, -0.05) is 6.07 Å². The van der Waals surface area contributed by atoms with E-state index in [4.69, 9.17) is 0 Å². The summed E-state index contributed by atoms with van der Waals surface area (Å²) < 4.78 is 0. The number of nitrogens with one attached hydrogen (secondary N) is 2. The summed E-state index contributed by atoms with van der Waals surface area (Å²) in [5.41, 5.74) is 2.29. The molecule has 3 aromatic rings. The van der Waals surface area contributed by atoms with Gasteiger partial charge in [0.25, 0.3) is 5.91 Å². The molecule has 0 atom stereocenters. The van der Waals surface area contributed by atoms with Crippen molar-refractivity contribution in [2.24, 2.45) is 0 Å². The van der Waals surface area contributed by atoms with Crippen LogP contribution in [-0.2, 0) is 13.1 Å². The maximum absolute atomic E-state index is 12.2. The lowest BCUT2D eigenvalue weighted by atomic mass is 10.3. The molecule has 0 unspecified atom stereocenters. The van der Waals surface area contributed by atoms with Gasteiger partial charge in [0.1, 0.15) is 5.69 Å². The van der Waals surface area contributed by atoms with Crippen LogP contribution < -0.4 is 10.6 Å². The Balaban J connectivity index is 1.59. The predicted octanol–water partition coefficient (Wildman–Crippen LogP) is 1.81. The number of rotatable bonds is 6. The maximum atomic E-state index is 12.2. The summed E-state index contributed by atoms with van der Waals surface area (Å²) in [6.07, 6.45) is 8.40. The minimum atomic E-state index is -0.256. The molecule has 0 aliphatic heterocycles. The van der Waals surface area contributed by atoms with Crippen molar-refractivity contribution < 1.29 is 4.79 Å². The zero-order valence-corrected chi connectivity index (χ0v) is 12.9. The smallest absolute Gasteiger partial charge is 0.270 e. The molecule has 0 spiro atoms. The molecule has 3 rings (SSSR count). The molecule has 0 aliphatic rings. The van der Waals surface area contributed by atoms with E-state index in [1.165, 1.54) is 0 Å². The van der Waals surface area contributed by atoms with Crippen LogP contribution in [0, 0.1) is 0 Å². The number of carbonyl (C=O) groups is 1. The molecule has 2 N–H and O–H groups in total. The fourth-order valence-corrected chi connectivity index (χ4v) is 2.03. The first-order valence-corrected chi connectivity index (χ1v) is 7.44. The van der Waals surface area contributed by atoms with Gasteiger partial charge in [-0.2, -0.15) is 0 Å². The average molecular weight is 320 g/mol. The van der Waals surface area contributed by atoms with Gasteiger partial charge in [0.15, 0.2) is 0 Å². The molecule has 0 aliphatic carbocycles. The monoisotopic (exact) mass is 320 g/mol. The quantitative estimate of drug-likeness (QED) is 0.719. The summed E-state index contributed by atoms with van der Waals surface area (Å²) in [5.74, 6) is 0.147. The number of pyridine rings is 2. The van der Waals surface area contributed by atoms with E-state index in [-0.39, 0.29) is 5.91 Å². The van der Waals surface area contributed by atoms with Gasteiger partial charge in [-0.25, -0.2) is 9.97 Å². The second kappa shape index (κ2) is 7.77. The van der Waals surface area contributed by atoms with Crippen molar-refractivity contribution in [1.82, 2.24) is 25.3 Å². The van der Waals surface area contributed by atoms with Crippen molar-refractivity contribution in [3.8, 4) is 0 Å². The summed E-state index contributed by atoms with van der Waals surface area (Å²) in [5, 5.41) is 5.90. The third kappa shape index (κ3) is 4.33. The van der Waals surface area contributed by atoms with Crippen LogP contribution in [0.4, 0.5) is 5.95 Å². The van der Waals surface area contributed by atoms with Crippen molar-refractivity contribution >= 4 is 11.9 Å². The SMILES string of the molecule is O=C(NCc1cccnc1)c1ccnc(NCc2ccncc2)n1. The summed E-state index contributed by atoms with van der Waals surface area (Å²) in [6, 6.07) is 9.10. The number of carbonyl (C=O) groups excluding carboxylic acids is 1. The molecule has 0 saturated heterocycles. The molecule has 1 amide bonds. The van der Waals surface area contributed by atoms with E-state index in [2.05, 4.69) is 30.6 Å². The number of hydrogen-bond donors (Lipinski definition) is 2. The van der Waals surface area contributed by atoms with Crippen molar-refractivity contribution in [2.45, 2.75) is 13.1 Å². The van der Waals surface area contributed by atoms with E-state index < -0.39 is 0 Å². The molecule has 7 heteroatoms. The lowest BCUT2D eigenvalue weighted by Gasteiger charge is -2.07. The molecular formula is C17H16N6O. The van der Waals surface area contributed by atoms with Crippen molar-refractivity contribution in [1.29, 1.82) is 0 Å². The molecule has 7 nitrogen and oxygen atoms in total. The Labute approximate surface area is 139 Å². The highest BCUT2D eigenvalue weighted by Gasteiger charge is 2.08. The van der Waals surface area contributed by atoms with Gasteiger partial charge in [0, 0.05) is 44.1 Å². The minimum Gasteiger partial charge on any atom is -0.350 e. The van der Waals surface area contributed by atoms with Crippen LogP contribution in [0.15, 0.2) is 61.3 Å². The molecule has 120 valence electrons. The predicted molar refractivity (Wildman–Crippen MR) is 89.0 cm³/mol. The Morgan fingerprint density at radius 2 is 1.79 bits per heavy atom. The summed E-state index contributed by atoms with van der Waals surface area (Å²) in [7, 11) is 0. The number of anilines is 1. The standard InChI is InChI=1S/C17H16N6O/c24-16(21-12-14-2-1-6-19-10-14)15-5-9-20-17(23-15)22-11-13-3-7-18-8-4-13/h1-10H,11-12H2,(H,21,24)(H,20,22,23). The first-order chi connectivity index (χ1) is 11.8. The van der Waals surface area contributed by atoms with E-state index in [1.807, 2.05) is 24.3 Å². The van der Waals surface area contributed by atoms with Gasteiger partial charge in [0.05, 0.1) is 0 Å². The Hall–Kier alpha value is -3.35. The third-order valence-corrected chi connectivity index (χ3v) is 3.26. The van der Waals surface area contributed by atoms with Crippen molar-refractivity contribution in [2.75, 3.05) is 5.32 Å². The lowest BCUT2D eigenvalue weighted by Crippen LogP contribution is -2.24. The van der Waals surface area contributed by atoms with E-state index in [1.54, 1.807) is 37.1 Å². The summed E-state index contributed by atoms with van der Waals surface area (Å²) in [4.78, 5) is 28.5. The lowest BCUT2D eigenvalue weighted by molar-refractivity contribution is 0.0946. The van der Waals surface area contributed by atoms with E-state index >= 15 is 0 Å². The van der Waals surface area contributed by atoms with Crippen LogP contribution in [-0.4, -0.2) is 25.8 Å². The minimum absolute atomic E-state index is 0.256. The highest BCUT2D eigenvalue weighted by Crippen LogP contribution is 2.04. The summed E-state index contributed by atoms with van der Waals surface area (Å²) in [6.45, 7) is 0.958. The second-order valence-electron chi connectivity index (χ2n) is 5.02. The molecule has 0 radical (unpaired) electrons. The van der Waals surface area contributed by atoms with Gasteiger partial charge >= 0.3 is 0 Å². The largest absolute Gasteiger partial charge is 0.350 e. The number of aromatic nitrogens is 4. The number of nitrogens with zero attached hydrogens (tertiary/aromatic N) is 4. The maximum Gasteiger partial charge on any atom is 0.270 e. The second-order valence-corrected chi connectivity index (χ2v) is 5.02. The highest BCUT2D eigenvalue weighted by atomic mass is 16.1. The Morgan fingerprint density at radius 3 is 2.58 bits per heavy atom. The van der Waals surface area contributed by atoms with Gasteiger partial charge in [-0.15, -0.1) is 0 Å². The van der Waals surface area contributed by atoms with Crippen LogP contribution in [0.25, 0.3) is 0 Å². The highest BCUT2D eigenvalue weighted by molar-refractivity contribution is 5.92. The third-order valence-electron chi connectivity index (χ3n) is 3.26. The van der Waals surface area contributed by atoms with E-state index in [9.17, 15) is 4.79 Å². The fraction of sp³-hybridized carbons (Fsp3) is 0.118. The molecule has 0 saturated carbocycles. The first kappa shape index (κ1) is 15.5. The van der Waals surface area contributed by atoms with Crippen molar-refractivity contribution in [3.05, 3.63) is 78.1 Å². The van der Waals surface area contributed by atoms with E-state index in [0.29, 0.717) is 24.7 Å². The molecule has 3 heterocycles. The van der Waals surface area contributed by atoms with Crippen LogP contribution in [0.2, 0.25) is 0 Å². The van der Waals surface area contributed by atoms with Gasteiger partial charge < -0.3 is 10.6 Å². The Morgan fingerprint density at radius 1 is 0.917 bits per heavy atom. The average Bonchev–Trinajstić information content (AvgIpc) is 2.66. The van der Waals surface area contributed by atoms with Crippen LogP contribution in [0.1, 0.15) is 21.6 Å². The topological polar surface area (TPSA) is 92.7 Å². The fourth-order valence-electron chi connectivity index (χ4n) is 2.03. The van der Waals surface area contributed by atoms with Gasteiger partial charge in [0.2, 0.25) is 5.95 Å². The van der Waals surface area contributed by atoms with E-state index in [0.717, 1.165) is 11.1 Å². The number of amides is 1. The van der Waals surface area contributed by atoms with Gasteiger partial charge in [-0.05, 0) is 35.4 Å². The first-order valence-electron chi connectivity index (χ1n) is 7.44. The number of hydrogen-bond acceptors (Lipinski definition) is 6. The Bertz CT molecular complexity index is 794. The summed E-state index contributed by atoms with van der Waals surface area (Å²) >= 11 is 0.